The molecule has 206 valence electrons. The minimum Gasteiger partial charge on any atom is -0.310 e. The number of nitrogens with zero attached hydrogens (tertiary/aromatic N) is 2. The van der Waals surface area contributed by atoms with Crippen LogP contribution < -0.4 is 9.80 Å². The van der Waals surface area contributed by atoms with Gasteiger partial charge in [-0.25, -0.2) is 0 Å². The van der Waals surface area contributed by atoms with E-state index in [4.69, 9.17) is 46.4 Å². The van der Waals surface area contributed by atoms with E-state index in [2.05, 4.69) is 82.6 Å². The number of rotatable bonds is 7. The van der Waals surface area contributed by atoms with Gasteiger partial charge in [-0.3, -0.25) is 0 Å². The van der Waals surface area contributed by atoms with E-state index < -0.39 is 0 Å². The fourth-order valence-electron chi connectivity index (χ4n) is 4.99. The zero-order valence-electron chi connectivity index (χ0n) is 22.3. The number of para-hydroxylation sites is 2. The summed E-state index contributed by atoms with van der Waals surface area (Å²) in [4.78, 5) is 4.27. The summed E-state index contributed by atoms with van der Waals surface area (Å²) < 4.78 is 0. The van der Waals surface area contributed by atoms with E-state index >= 15 is 0 Å². The highest BCUT2D eigenvalue weighted by Crippen LogP contribution is 2.40. The molecule has 0 amide bonds. The number of benzene rings is 6. The Hall–Kier alpha value is -3.92. The highest BCUT2D eigenvalue weighted by molar-refractivity contribution is 6.35. The standard InChI is InChI=1S/C36H24Cl4N2/c37-27-19-28(38)22-35(21-27)41(31-7-3-1-4-8-31)33-15-11-25(12-16-33)26-13-17-34(18-14-26)42(32-9-5-2-6-10-32)36-23-29(39)20-30(40)24-36/h1-24H. The normalized spacial score (nSPS) is 10.9. The summed E-state index contributed by atoms with van der Waals surface area (Å²) in [6.07, 6.45) is 0. The fraction of sp³-hybridized carbons (Fsp3) is 0. The molecule has 0 heterocycles. The first kappa shape index (κ1) is 28.2. The molecule has 6 heteroatoms. The molecule has 0 unspecified atom stereocenters. The van der Waals surface area contributed by atoms with Crippen molar-refractivity contribution in [1.29, 1.82) is 0 Å². The van der Waals surface area contributed by atoms with Crippen LogP contribution in [0.4, 0.5) is 34.1 Å². The van der Waals surface area contributed by atoms with Gasteiger partial charge in [0.25, 0.3) is 0 Å². The van der Waals surface area contributed by atoms with Crippen LogP contribution in [0.1, 0.15) is 0 Å². The second-order valence-electron chi connectivity index (χ2n) is 9.69. The van der Waals surface area contributed by atoms with Crippen LogP contribution in [0.3, 0.4) is 0 Å². The molecule has 6 aromatic rings. The third-order valence-electron chi connectivity index (χ3n) is 6.82. The number of hydrogen-bond acceptors (Lipinski definition) is 2. The molecule has 0 saturated heterocycles. The van der Waals surface area contributed by atoms with Crippen LogP contribution in [0, 0.1) is 0 Å². The topological polar surface area (TPSA) is 6.48 Å². The minimum absolute atomic E-state index is 0.583. The first-order valence-corrected chi connectivity index (χ1v) is 14.8. The van der Waals surface area contributed by atoms with Crippen molar-refractivity contribution in [3.8, 4) is 11.1 Å². The largest absolute Gasteiger partial charge is 0.310 e. The number of halogens is 4. The molecule has 42 heavy (non-hydrogen) atoms. The third kappa shape index (κ3) is 6.28. The average Bonchev–Trinajstić information content (AvgIpc) is 2.98. The molecule has 6 aromatic carbocycles. The van der Waals surface area contributed by atoms with Gasteiger partial charge >= 0.3 is 0 Å². The van der Waals surface area contributed by atoms with Crippen molar-refractivity contribution in [3.63, 3.8) is 0 Å². The van der Waals surface area contributed by atoms with E-state index in [9.17, 15) is 0 Å². The summed E-state index contributed by atoms with van der Waals surface area (Å²) in [5, 5.41) is 2.33. The minimum atomic E-state index is 0.583. The molecule has 0 bridgehead atoms. The quantitative estimate of drug-likeness (QED) is 0.174. The predicted molar refractivity (Wildman–Crippen MR) is 181 cm³/mol. The van der Waals surface area contributed by atoms with Gasteiger partial charge in [0.05, 0.1) is 0 Å². The van der Waals surface area contributed by atoms with Crippen molar-refractivity contribution < 1.29 is 0 Å². The Labute approximate surface area is 265 Å². The third-order valence-corrected chi connectivity index (χ3v) is 7.70. The van der Waals surface area contributed by atoms with Crippen LogP contribution in [0.15, 0.2) is 146 Å². The molecule has 0 radical (unpaired) electrons. The first-order valence-electron chi connectivity index (χ1n) is 13.3. The Morgan fingerprint density at radius 3 is 0.881 bits per heavy atom. The van der Waals surface area contributed by atoms with Crippen LogP contribution >= 0.6 is 46.4 Å². The average molecular weight is 626 g/mol. The molecule has 6 rings (SSSR count). The van der Waals surface area contributed by atoms with Gasteiger partial charge < -0.3 is 9.80 Å². The molecule has 0 atom stereocenters. The SMILES string of the molecule is Clc1cc(Cl)cc(N(c2ccccc2)c2ccc(-c3ccc(N(c4ccccc4)c4cc(Cl)cc(Cl)c4)cc3)cc2)c1. The molecule has 0 aliphatic heterocycles. The van der Waals surface area contributed by atoms with E-state index in [0.717, 1.165) is 45.3 Å². The monoisotopic (exact) mass is 624 g/mol. The van der Waals surface area contributed by atoms with Crippen molar-refractivity contribution in [1.82, 2.24) is 0 Å². The van der Waals surface area contributed by atoms with E-state index in [1.165, 1.54) is 0 Å². The lowest BCUT2D eigenvalue weighted by Gasteiger charge is -2.26. The van der Waals surface area contributed by atoms with Gasteiger partial charge in [-0.1, -0.05) is 107 Å². The molecule has 0 N–H and O–H groups in total. The van der Waals surface area contributed by atoms with Gasteiger partial charge in [0.1, 0.15) is 0 Å². The van der Waals surface area contributed by atoms with Crippen molar-refractivity contribution in [2.75, 3.05) is 9.80 Å². The molecule has 0 aliphatic rings. The molecular formula is C36H24Cl4N2. The molecular weight excluding hydrogens is 602 g/mol. The zero-order valence-corrected chi connectivity index (χ0v) is 25.3. The first-order chi connectivity index (χ1) is 20.4. The summed E-state index contributed by atoms with van der Waals surface area (Å²) in [6.45, 7) is 0. The van der Waals surface area contributed by atoms with Crippen molar-refractivity contribution in [2.45, 2.75) is 0 Å². The van der Waals surface area contributed by atoms with Crippen LogP contribution in [-0.2, 0) is 0 Å². The molecule has 0 fully saturated rings. The summed E-state index contributed by atoms with van der Waals surface area (Å²) in [7, 11) is 0. The number of anilines is 6. The van der Waals surface area contributed by atoms with Gasteiger partial charge in [0, 0.05) is 54.2 Å². The van der Waals surface area contributed by atoms with Crippen molar-refractivity contribution in [2.24, 2.45) is 0 Å². The van der Waals surface area contributed by atoms with Crippen molar-refractivity contribution >= 4 is 80.5 Å². The van der Waals surface area contributed by atoms with E-state index in [0.29, 0.717) is 20.1 Å². The zero-order chi connectivity index (χ0) is 29.1. The molecule has 0 aliphatic carbocycles. The van der Waals surface area contributed by atoms with Gasteiger partial charge in [-0.2, -0.15) is 0 Å². The van der Waals surface area contributed by atoms with E-state index in [-0.39, 0.29) is 0 Å². The lowest BCUT2D eigenvalue weighted by atomic mass is 10.0. The van der Waals surface area contributed by atoms with Crippen LogP contribution in [0.2, 0.25) is 20.1 Å². The maximum absolute atomic E-state index is 6.38. The van der Waals surface area contributed by atoms with Gasteiger partial charge in [0.2, 0.25) is 0 Å². The summed E-state index contributed by atoms with van der Waals surface area (Å²) >= 11 is 25.5. The maximum Gasteiger partial charge on any atom is 0.0491 e. The summed E-state index contributed by atoms with van der Waals surface area (Å²) in [5.74, 6) is 0. The van der Waals surface area contributed by atoms with Gasteiger partial charge in [0.15, 0.2) is 0 Å². The number of hydrogen-bond donors (Lipinski definition) is 0. The molecule has 0 saturated carbocycles. The highest BCUT2D eigenvalue weighted by Gasteiger charge is 2.16. The van der Waals surface area contributed by atoms with Gasteiger partial charge in [-0.05, 0) is 96.1 Å². The van der Waals surface area contributed by atoms with Crippen LogP contribution in [0.5, 0.6) is 0 Å². The molecule has 0 spiro atoms. The second kappa shape index (κ2) is 12.5. The predicted octanol–water partition coefficient (Wildman–Crippen LogP) is 12.9. The second-order valence-corrected chi connectivity index (χ2v) is 11.4. The highest BCUT2D eigenvalue weighted by atomic mass is 35.5. The Kier molecular flexibility index (Phi) is 8.41. The van der Waals surface area contributed by atoms with Crippen LogP contribution in [0.25, 0.3) is 11.1 Å². The summed E-state index contributed by atoms with van der Waals surface area (Å²) in [6, 6.07) is 48.4. The Bertz CT molecular complexity index is 1630. The lowest BCUT2D eigenvalue weighted by Crippen LogP contribution is -2.10. The van der Waals surface area contributed by atoms with E-state index in [1.54, 1.807) is 12.1 Å². The smallest absolute Gasteiger partial charge is 0.0491 e. The lowest BCUT2D eigenvalue weighted by molar-refractivity contribution is 1.28. The van der Waals surface area contributed by atoms with Crippen LogP contribution in [-0.4, -0.2) is 0 Å². The fourth-order valence-corrected chi connectivity index (χ4v) is 6.02. The summed E-state index contributed by atoms with van der Waals surface area (Å²) in [5.41, 5.74) is 7.97. The Morgan fingerprint density at radius 2 is 0.571 bits per heavy atom. The molecule has 2 nitrogen and oxygen atoms in total. The van der Waals surface area contributed by atoms with Gasteiger partial charge in [-0.15, -0.1) is 0 Å². The Morgan fingerprint density at radius 1 is 0.286 bits per heavy atom. The van der Waals surface area contributed by atoms with E-state index in [1.807, 2.05) is 60.7 Å². The van der Waals surface area contributed by atoms with Crippen molar-refractivity contribution in [3.05, 3.63) is 166 Å². The molecule has 0 aromatic heterocycles. The maximum atomic E-state index is 6.38. The Balaban J connectivity index is 1.34.